The molecule has 1 aliphatic heterocycles. The van der Waals surface area contributed by atoms with Crippen molar-refractivity contribution in [3.63, 3.8) is 0 Å². The lowest BCUT2D eigenvalue weighted by Crippen LogP contribution is -2.38. The Kier molecular flexibility index (Phi) is 6.37. The number of nitrogens with one attached hydrogen (secondary N) is 1. The zero-order valence-corrected chi connectivity index (χ0v) is 20.5. The summed E-state index contributed by atoms with van der Waals surface area (Å²) >= 11 is 0. The molecule has 0 unspecified atom stereocenters. The second-order valence-electron chi connectivity index (χ2n) is 8.10. The summed E-state index contributed by atoms with van der Waals surface area (Å²) in [6, 6.07) is -0.205. The number of hydrogen-bond donors (Lipinski definition) is 1. The van der Waals surface area contributed by atoms with Gasteiger partial charge in [-0.3, -0.25) is 18.4 Å². The van der Waals surface area contributed by atoms with E-state index in [0.717, 1.165) is 0 Å². The van der Waals surface area contributed by atoms with Gasteiger partial charge >= 0.3 is 10.1 Å². The minimum absolute atomic E-state index is 0.0873. The van der Waals surface area contributed by atoms with Crippen molar-refractivity contribution in [2.75, 3.05) is 20.1 Å². The Morgan fingerprint density at radius 3 is 1.94 bits per heavy atom. The largest absolute Gasteiger partial charge is 0.300 e. The highest BCUT2D eigenvalue weighted by molar-refractivity contribution is 7.89. The van der Waals surface area contributed by atoms with Crippen LogP contribution in [0.5, 0.6) is 0 Å². The first-order valence-corrected chi connectivity index (χ1v) is 12.8. The predicted octanol–water partition coefficient (Wildman–Crippen LogP) is 0.144. The molecule has 0 spiro atoms. The number of aryl methyl sites for hydroxylation is 4. The molecular formula is C18H30N6O5S2. The molecule has 0 saturated carbocycles. The van der Waals surface area contributed by atoms with Gasteiger partial charge in [0.15, 0.2) is 0 Å². The molecule has 0 aromatic carbocycles. The summed E-state index contributed by atoms with van der Waals surface area (Å²) in [7, 11) is -2.54. The molecule has 0 radical (unpaired) electrons. The first kappa shape index (κ1) is 23.9. The van der Waals surface area contributed by atoms with Gasteiger partial charge in [0.25, 0.3) is 0 Å². The molecule has 11 nitrogen and oxygen atoms in total. The summed E-state index contributed by atoms with van der Waals surface area (Å²) in [4.78, 5) is 2.16. The van der Waals surface area contributed by atoms with E-state index in [-0.39, 0.29) is 22.4 Å². The summed E-state index contributed by atoms with van der Waals surface area (Å²) in [5.74, 6) is 0. The molecule has 31 heavy (non-hydrogen) atoms. The minimum atomic E-state index is -3.99. The molecule has 1 aliphatic rings. The van der Waals surface area contributed by atoms with Gasteiger partial charge in [0.1, 0.15) is 9.79 Å². The summed E-state index contributed by atoms with van der Waals surface area (Å²) in [5, 5.41) is 8.31. The highest BCUT2D eigenvalue weighted by Crippen LogP contribution is 2.27. The van der Waals surface area contributed by atoms with E-state index in [9.17, 15) is 16.8 Å². The first-order valence-electron chi connectivity index (χ1n) is 9.88. The van der Waals surface area contributed by atoms with E-state index in [1.807, 2.05) is 11.9 Å². The molecule has 1 saturated heterocycles. The van der Waals surface area contributed by atoms with Crippen molar-refractivity contribution < 1.29 is 21.0 Å². The van der Waals surface area contributed by atoms with E-state index in [1.54, 1.807) is 41.8 Å². The average Bonchev–Trinajstić information content (AvgIpc) is 3.19. The Hall–Kier alpha value is -1.80. The molecule has 174 valence electrons. The minimum Gasteiger partial charge on any atom is -0.299 e. The van der Waals surface area contributed by atoms with Crippen molar-refractivity contribution >= 4 is 20.1 Å². The standard InChI is InChI=1S/C18H30N6O5S2/c1-11-17(13(3)23(6)20-11)30(25,26)19-9-15-8-16(10-22(15)5)29-31(27,28)18-12(2)21-24(7)14(18)4/h15-16,19H,8-10H2,1-7H3/t15-,16+/m0/s1. The maximum absolute atomic E-state index is 12.8. The van der Waals surface area contributed by atoms with Gasteiger partial charge in [-0.1, -0.05) is 0 Å². The van der Waals surface area contributed by atoms with E-state index in [2.05, 4.69) is 14.9 Å². The molecule has 3 heterocycles. The van der Waals surface area contributed by atoms with Gasteiger partial charge in [-0.25, -0.2) is 13.1 Å². The Balaban J connectivity index is 1.69. The van der Waals surface area contributed by atoms with Gasteiger partial charge in [0, 0.05) is 33.2 Å². The van der Waals surface area contributed by atoms with Crippen molar-refractivity contribution in [1.82, 2.24) is 29.2 Å². The third kappa shape index (κ3) is 4.55. The number of sulfonamides is 1. The summed E-state index contributed by atoms with van der Waals surface area (Å²) < 4.78 is 62.4. The van der Waals surface area contributed by atoms with Crippen LogP contribution in [0.15, 0.2) is 9.79 Å². The van der Waals surface area contributed by atoms with Crippen molar-refractivity contribution in [1.29, 1.82) is 0 Å². The highest BCUT2D eigenvalue weighted by Gasteiger charge is 2.36. The van der Waals surface area contributed by atoms with Crippen LogP contribution in [0.3, 0.4) is 0 Å². The molecule has 0 bridgehead atoms. The van der Waals surface area contributed by atoms with Crippen LogP contribution in [0, 0.1) is 27.7 Å². The zero-order valence-electron chi connectivity index (χ0n) is 18.9. The van der Waals surface area contributed by atoms with Crippen molar-refractivity contribution in [3.05, 3.63) is 22.8 Å². The van der Waals surface area contributed by atoms with Gasteiger partial charge < -0.3 is 0 Å². The van der Waals surface area contributed by atoms with Crippen LogP contribution in [0.25, 0.3) is 0 Å². The van der Waals surface area contributed by atoms with Crippen LogP contribution in [-0.4, -0.2) is 73.6 Å². The number of rotatable bonds is 7. The summed E-state index contributed by atoms with van der Waals surface area (Å²) in [6.45, 7) is 7.17. The van der Waals surface area contributed by atoms with Crippen LogP contribution in [0.4, 0.5) is 0 Å². The predicted molar refractivity (Wildman–Crippen MR) is 114 cm³/mol. The van der Waals surface area contributed by atoms with Gasteiger partial charge in [-0.2, -0.15) is 18.6 Å². The fraction of sp³-hybridized carbons (Fsp3) is 0.667. The maximum atomic E-state index is 12.8. The van der Waals surface area contributed by atoms with Crippen LogP contribution in [0.2, 0.25) is 0 Å². The molecule has 0 aliphatic carbocycles. The molecule has 2 aromatic rings. The fourth-order valence-corrected chi connectivity index (χ4v) is 7.10. The van der Waals surface area contributed by atoms with Crippen LogP contribution in [-0.2, 0) is 38.4 Å². The number of likely N-dealkylation sites (N-methyl/N-ethyl adjacent to an activating group) is 1. The van der Waals surface area contributed by atoms with Crippen molar-refractivity contribution in [2.45, 2.75) is 56.1 Å². The average molecular weight is 475 g/mol. The number of hydrogen-bond acceptors (Lipinski definition) is 8. The lowest BCUT2D eigenvalue weighted by atomic mass is 10.2. The van der Waals surface area contributed by atoms with Crippen molar-refractivity contribution in [2.24, 2.45) is 14.1 Å². The summed E-state index contributed by atoms with van der Waals surface area (Å²) in [6.07, 6.45) is -0.202. The second-order valence-corrected chi connectivity index (χ2v) is 11.3. The van der Waals surface area contributed by atoms with Crippen LogP contribution in [0.1, 0.15) is 29.2 Å². The quantitative estimate of drug-likeness (QED) is 0.562. The fourth-order valence-electron chi connectivity index (χ4n) is 4.10. The van der Waals surface area contributed by atoms with Gasteiger partial charge in [0.05, 0.1) is 28.9 Å². The van der Waals surface area contributed by atoms with E-state index in [1.165, 1.54) is 9.36 Å². The third-order valence-electron chi connectivity index (χ3n) is 5.83. The van der Waals surface area contributed by atoms with E-state index in [4.69, 9.17) is 4.18 Å². The molecule has 1 N–H and O–H groups in total. The molecule has 13 heteroatoms. The normalized spacial score (nSPS) is 20.6. The third-order valence-corrected chi connectivity index (χ3v) is 9.12. The monoisotopic (exact) mass is 474 g/mol. The number of likely N-dealkylation sites (tertiary alicyclic amines) is 1. The van der Waals surface area contributed by atoms with Gasteiger partial charge in [-0.05, 0) is 41.2 Å². The van der Waals surface area contributed by atoms with Crippen LogP contribution >= 0.6 is 0 Å². The lowest BCUT2D eigenvalue weighted by molar-refractivity contribution is 0.214. The first-order chi connectivity index (χ1) is 14.2. The zero-order chi connectivity index (χ0) is 23.3. The smallest absolute Gasteiger partial charge is 0.299 e. The Bertz CT molecular complexity index is 1200. The number of aromatic nitrogens is 4. The van der Waals surface area contributed by atoms with Gasteiger partial charge in [0.2, 0.25) is 10.0 Å². The molecule has 1 fully saturated rings. The lowest BCUT2D eigenvalue weighted by Gasteiger charge is -2.19. The molecule has 2 atom stereocenters. The molecular weight excluding hydrogens is 444 g/mol. The highest BCUT2D eigenvalue weighted by atomic mass is 32.2. The maximum Gasteiger partial charge on any atom is 0.300 e. The summed E-state index contributed by atoms with van der Waals surface area (Å²) in [5.41, 5.74) is 1.88. The van der Waals surface area contributed by atoms with Crippen LogP contribution < -0.4 is 4.72 Å². The van der Waals surface area contributed by atoms with E-state index < -0.39 is 26.2 Å². The van der Waals surface area contributed by atoms with E-state index in [0.29, 0.717) is 35.7 Å². The van der Waals surface area contributed by atoms with Crippen molar-refractivity contribution in [3.8, 4) is 0 Å². The second kappa shape index (κ2) is 8.28. The molecule has 3 rings (SSSR count). The van der Waals surface area contributed by atoms with E-state index >= 15 is 0 Å². The molecule has 0 amide bonds. The molecule has 2 aromatic heterocycles. The van der Waals surface area contributed by atoms with Gasteiger partial charge in [-0.15, -0.1) is 0 Å². The Morgan fingerprint density at radius 2 is 1.45 bits per heavy atom. The Morgan fingerprint density at radius 1 is 0.935 bits per heavy atom. The SMILES string of the molecule is Cc1nn(C)c(C)c1S(=O)(=O)NC[C@@H]1C[C@@H](OS(=O)(=O)c2c(C)nn(C)c2C)CN1C. The number of nitrogens with zero attached hydrogens (tertiary/aromatic N) is 5. The topological polar surface area (TPSA) is 128 Å². The Labute approximate surface area is 183 Å².